The molecule has 2 heterocycles. The number of hydrogen-bond acceptors (Lipinski definition) is 5. The molecule has 0 saturated carbocycles. The minimum Gasteiger partial charge on any atom is -0.490 e. The normalized spacial score (nSPS) is 10.8. The van der Waals surface area contributed by atoms with Crippen LogP contribution < -0.4 is 9.47 Å². The van der Waals surface area contributed by atoms with Gasteiger partial charge in [-0.3, -0.25) is 9.78 Å². The standard InChI is InChI=1S/C25H26N4O3/c1-3-31-22-13-6-7-14-23(22)32-17-16-29-21-12-5-4-10-19(21)27-24(29)18-28(2)25(30)20-11-8-9-15-26-20/h4-15H,3,16-18H2,1-2H3. The summed E-state index contributed by atoms with van der Waals surface area (Å²) >= 11 is 0. The summed E-state index contributed by atoms with van der Waals surface area (Å²) in [4.78, 5) is 23.3. The van der Waals surface area contributed by atoms with Crippen molar-refractivity contribution >= 4 is 16.9 Å². The summed E-state index contributed by atoms with van der Waals surface area (Å²) in [6, 6.07) is 20.9. The topological polar surface area (TPSA) is 69.5 Å². The SMILES string of the molecule is CCOc1ccccc1OCCn1c(CN(C)C(=O)c2ccccn2)nc2ccccc21. The van der Waals surface area contributed by atoms with Crippen molar-refractivity contribution in [3.8, 4) is 11.5 Å². The molecule has 0 aliphatic heterocycles. The van der Waals surface area contributed by atoms with Crippen molar-refractivity contribution in [2.24, 2.45) is 0 Å². The van der Waals surface area contributed by atoms with Gasteiger partial charge in [-0.15, -0.1) is 0 Å². The maximum absolute atomic E-state index is 12.8. The number of carbonyl (C=O) groups excluding carboxylic acids is 1. The molecule has 7 heteroatoms. The van der Waals surface area contributed by atoms with Crippen molar-refractivity contribution in [2.45, 2.75) is 20.0 Å². The highest BCUT2D eigenvalue weighted by molar-refractivity contribution is 5.92. The first-order valence-electron chi connectivity index (χ1n) is 10.6. The molecule has 4 rings (SSSR count). The third-order valence-corrected chi connectivity index (χ3v) is 5.06. The van der Waals surface area contributed by atoms with Crippen LogP contribution >= 0.6 is 0 Å². The predicted molar refractivity (Wildman–Crippen MR) is 123 cm³/mol. The van der Waals surface area contributed by atoms with Crippen molar-refractivity contribution in [3.63, 3.8) is 0 Å². The van der Waals surface area contributed by atoms with E-state index in [2.05, 4.69) is 9.55 Å². The van der Waals surface area contributed by atoms with E-state index < -0.39 is 0 Å². The molecule has 164 valence electrons. The minimum absolute atomic E-state index is 0.147. The Balaban J connectivity index is 1.52. The molecule has 4 aromatic rings. The predicted octanol–water partition coefficient (Wildman–Crippen LogP) is 4.18. The smallest absolute Gasteiger partial charge is 0.272 e. The van der Waals surface area contributed by atoms with Gasteiger partial charge < -0.3 is 18.9 Å². The Kier molecular flexibility index (Phi) is 6.65. The van der Waals surface area contributed by atoms with Crippen LogP contribution in [-0.4, -0.2) is 45.6 Å². The Morgan fingerprint density at radius 3 is 2.44 bits per heavy atom. The van der Waals surface area contributed by atoms with Gasteiger partial charge in [-0.25, -0.2) is 4.98 Å². The number of para-hydroxylation sites is 4. The van der Waals surface area contributed by atoms with Crippen molar-refractivity contribution in [2.75, 3.05) is 20.3 Å². The van der Waals surface area contributed by atoms with Crippen LogP contribution in [0.2, 0.25) is 0 Å². The fourth-order valence-corrected chi connectivity index (χ4v) is 3.56. The molecule has 1 amide bonds. The van der Waals surface area contributed by atoms with Gasteiger partial charge in [-0.2, -0.15) is 0 Å². The van der Waals surface area contributed by atoms with Gasteiger partial charge >= 0.3 is 0 Å². The molecule has 2 aromatic carbocycles. The van der Waals surface area contributed by atoms with Crippen LogP contribution in [-0.2, 0) is 13.1 Å². The third kappa shape index (κ3) is 4.72. The average Bonchev–Trinajstić information content (AvgIpc) is 3.17. The van der Waals surface area contributed by atoms with Gasteiger partial charge in [0.25, 0.3) is 5.91 Å². The Labute approximate surface area is 187 Å². The zero-order valence-electron chi connectivity index (χ0n) is 18.3. The van der Waals surface area contributed by atoms with Crippen molar-refractivity contribution in [3.05, 3.63) is 84.4 Å². The Bertz CT molecular complexity index is 1190. The summed E-state index contributed by atoms with van der Waals surface area (Å²) in [6.45, 7) is 3.91. The molecule has 0 saturated heterocycles. The summed E-state index contributed by atoms with van der Waals surface area (Å²) in [6.07, 6.45) is 1.62. The van der Waals surface area contributed by atoms with Gasteiger partial charge in [-0.1, -0.05) is 30.3 Å². The van der Waals surface area contributed by atoms with Crippen LogP contribution in [0, 0.1) is 0 Å². The highest BCUT2D eigenvalue weighted by atomic mass is 16.5. The molecule has 0 unspecified atom stereocenters. The number of rotatable bonds is 9. The lowest BCUT2D eigenvalue weighted by molar-refractivity contribution is 0.0774. The molecule has 2 aromatic heterocycles. The second kappa shape index (κ2) is 9.96. The summed E-state index contributed by atoms with van der Waals surface area (Å²) in [5.41, 5.74) is 2.30. The number of nitrogens with zero attached hydrogens (tertiary/aromatic N) is 4. The Morgan fingerprint density at radius 1 is 0.969 bits per heavy atom. The number of pyridine rings is 1. The van der Waals surface area contributed by atoms with E-state index in [0.29, 0.717) is 37.7 Å². The van der Waals surface area contributed by atoms with E-state index in [-0.39, 0.29) is 5.91 Å². The number of aromatic nitrogens is 3. The number of amides is 1. The van der Waals surface area contributed by atoms with Crippen molar-refractivity contribution < 1.29 is 14.3 Å². The summed E-state index contributed by atoms with van der Waals surface area (Å²) in [5, 5.41) is 0. The first-order chi connectivity index (χ1) is 15.7. The zero-order chi connectivity index (χ0) is 22.3. The summed E-state index contributed by atoms with van der Waals surface area (Å²) < 4.78 is 13.8. The van der Waals surface area contributed by atoms with Gasteiger partial charge in [0.2, 0.25) is 0 Å². The number of hydrogen-bond donors (Lipinski definition) is 0. The van der Waals surface area contributed by atoms with Gasteiger partial charge in [0.1, 0.15) is 18.1 Å². The molecular weight excluding hydrogens is 404 g/mol. The fraction of sp³-hybridized carbons (Fsp3) is 0.240. The quantitative estimate of drug-likeness (QED) is 0.398. The van der Waals surface area contributed by atoms with E-state index in [1.54, 1.807) is 36.3 Å². The second-order valence-corrected chi connectivity index (χ2v) is 7.27. The first kappa shape index (κ1) is 21.4. The average molecular weight is 431 g/mol. The first-order valence-corrected chi connectivity index (χ1v) is 10.6. The highest BCUT2D eigenvalue weighted by Gasteiger charge is 2.18. The van der Waals surface area contributed by atoms with Crippen LogP contribution in [0.5, 0.6) is 11.5 Å². The maximum Gasteiger partial charge on any atom is 0.272 e. The lowest BCUT2D eigenvalue weighted by Crippen LogP contribution is -2.28. The molecule has 0 aliphatic rings. The molecule has 7 nitrogen and oxygen atoms in total. The summed E-state index contributed by atoms with van der Waals surface area (Å²) in [5.74, 6) is 2.08. The Hall–Kier alpha value is -3.87. The largest absolute Gasteiger partial charge is 0.490 e. The molecule has 0 aliphatic carbocycles. The molecular formula is C25H26N4O3. The van der Waals surface area contributed by atoms with Crippen molar-refractivity contribution in [1.29, 1.82) is 0 Å². The van der Waals surface area contributed by atoms with Crippen LogP contribution in [0.1, 0.15) is 23.2 Å². The lowest BCUT2D eigenvalue weighted by atomic mass is 10.3. The lowest BCUT2D eigenvalue weighted by Gasteiger charge is -2.18. The van der Waals surface area contributed by atoms with Gasteiger partial charge in [0, 0.05) is 13.2 Å². The van der Waals surface area contributed by atoms with Crippen LogP contribution in [0.3, 0.4) is 0 Å². The van der Waals surface area contributed by atoms with Gasteiger partial charge in [-0.05, 0) is 43.3 Å². The zero-order valence-corrected chi connectivity index (χ0v) is 18.3. The van der Waals surface area contributed by atoms with E-state index >= 15 is 0 Å². The maximum atomic E-state index is 12.8. The van der Waals surface area contributed by atoms with E-state index in [9.17, 15) is 4.79 Å². The molecule has 0 radical (unpaired) electrons. The van der Waals surface area contributed by atoms with Gasteiger partial charge in [0.15, 0.2) is 11.5 Å². The number of ether oxygens (including phenoxy) is 2. The van der Waals surface area contributed by atoms with E-state index in [1.807, 2.05) is 55.5 Å². The van der Waals surface area contributed by atoms with E-state index in [1.165, 1.54) is 0 Å². The van der Waals surface area contributed by atoms with Crippen LogP contribution in [0.25, 0.3) is 11.0 Å². The van der Waals surface area contributed by atoms with Gasteiger partial charge in [0.05, 0.1) is 30.7 Å². The minimum atomic E-state index is -0.147. The van der Waals surface area contributed by atoms with E-state index in [0.717, 1.165) is 22.6 Å². The van der Waals surface area contributed by atoms with Crippen LogP contribution in [0.4, 0.5) is 0 Å². The second-order valence-electron chi connectivity index (χ2n) is 7.27. The molecule has 0 N–H and O–H groups in total. The third-order valence-electron chi connectivity index (χ3n) is 5.06. The molecule has 0 atom stereocenters. The molecule has 32 heavy (non-hydrogen) atoms. The fourth-order valence-electron chi connectivity index (χ4n) is 3.56. The number of carbonyl (C=O) groups is 1. The molecule has 0 fully saturated rings. The number of fused-ring (bicyclic) bond motifs is 1. The number of imidazole rings is 1. The number of benzene rings is 2. The molecule has 0 bridgehead atoms. The summed E-state index contributed by atoms with van der Waals surface area (Å²) in [7, 11) is 1.76. The van der Waals surface area contributed by atoms with Crippen LogP contribution in [0.15, 0.2) is 72.9 Å². The monoisotopic (exact) mass is 430 g/mol. The highest BCUT2D eigenvalue weighted by Crippen LogP contribution is 2.26. The Morgan fingerprint density at radius 2 is 1.69 bits per heavy atom. The molecule has 0 spiro atoms. The van der Waals surface area contributed by atoms with Crippen molar-refractivity contribution in [1.82, 2.24) is 19.4 Å². The van der Waals surface area contributed by atoms with E-state index in [4.69, 9.17) is 14.5 Å².